The molecule has 0 bridgehead atoms. The lowest BCUT2D eigenvalue weighted by molar-refractivity contribution is -0.116. The number of nitrogens with one attached hydrogen (secondary N) is 1. The fraction of sp³-hybridized carbons (Fsp3) is 0.263. The molecule has 0 radical (unpaired) electrons. The first kappa shape index (κ1) is 18.0. The maximum absolute atomic E-state index is 12.1. The second-order valence-electron chi connectivity index (χ2n) is 5.39. The van der Waals surface area contributed by atoms with E-state index in [9.17, 15) is 9.59 Å². The summed E-state index contributed by atoms with van der Waals surface area (Å²) in [5.41, 5.74) is 2.02. The lowest BCUT2D eigenvalue weighted by Crippen LogP contribution is -2.13. The van der Waals surface area contributed by atoms with Gasteiger partial charge in [-0.3, -0.25) is 4.79 Å². The zero-order valence-electron chi connectivity index (χ0n) is 13.5. The molecule has 5 heteroatoms. The van der Waals surface area contributed by atoms with Crippen molar-refractivity contribution in [2.75, 3.05) is 11.9 Å². The van der Waals surface area contributed by atoms with E-state index in [1.54, 1.807) is 30.3 Å². The Labute approximate surface area is 146 Å². The number of halogens is 1. The van der Waals surface area contributed by atoms with E-state index in [0.29, 0.717) is 35.7 Å². The number of carbonyl (C=O) groups is 2. The molecular formula is C19H20ClNO3. The number of amides is 1. The highest BCUT2D eigenvalue weighted by Crippen LogP contribution is 2.14. The van der Waals surface area contributed by atoms with Crippen LogP contribution in [-0.2, 0) is 16.0 Å². The minimum atomic E-state index is -0.383. The number of anilines is 1. The lowest BCUT2D eigenvalue weighted by Gasteiger charge is -2.08. The van der Waals surface area contributed by atoms with Crippen LogP contribution in [0.1, 0.15) is 35.7 Å². The van der Waals surface area contributed by atoms with Crippen LogP contribution in [0.3, 0.4) is 0 Å². The molecule has 0 unspecified atom stereocenters. The van der Waals surface area contributed by atoms with Crippen LogP contribution in [0.2, 0.25) is 5.02 Å². The van der Waals surface area contributed by atoms with E-state index in [1.807, 2.05) is 25.1 Å². The molecule has 0 aliphatic heterocycles. The van der Waals surface area contributed by atoms with Crippen molar-refractivity contribution in [2.45, 2.75) is 26.2 Å². The molecule has 2 aromatic carbocycles. The van der Waals surface area contributed by atoms with E-state index in [4.69, 9.17) is 16.3 Å². The maximum Gasteiger partial charge on any atom is 0.338 e. The molecule has 1 N–H and O–H groups in total. The van der Waals surface area contributed by atoms with E-state index in [1.165, 1.54) is 0 Å². The maximum atomic E-state index is 12.1. The Kier molecular flexibility index (Phi) is 6.82. The smallest absolute Gasteiger partial charge is 0.338 e. The van der Waals surface area contributed by atoms with Crippen molar-refractivity contribution in [1.82, 2.24) is 0 Å². The van der Waals surface area contributed by atoms with Gasteiger partial charge in [0.1, 0.15) is 0 Å². The van der Waals surface area contributed by atoms with Gasteiger partial charge in [0, 0.05) is 17.1 Å². The molecule has 0 fully saturated rings. The minimum absolute atomic E-state index is 0.117. The number of benzene rings is 2. The fourth-order valence-corrected chi connectivity index (χ4v) is 2.39. The Morgan fingerprint density at radius 1 is 1.12 bits per heavy atom. The summed E-state index contributed by atoms with van der Waals surface area (Å²) >= 11 is 5.93. The molecule has 2 aromatic rings. The molecule has 0 aliphatic rings. The fourth-order valence-electron chi connectivity index (χ4n) is 2.18. The summed E-state index contributed by atoms with van der Waals surface area (Å²) in [6.45, 7) is 2.32. The summed E-state index contributed by atoms with van der Waals surface area (Å²) in [6.07, 6.45) is 1.71. The van der Waals surface area contributed by atoms with Gasteiger partial charge in [0.15, 0.2) is 0 Å². The van der Waals surface area contributed by atoms with Gasteiger partial charge in [-0.15, -0.1) is 0 Å². The molecule has 0 aromatic heterocycles. The van der Waals surface area contributed by atoms with Crippen molar-refractivity contribution in [3.8, 4) is 0 Å². The third-order valence-electron chi connectivity index (χ3n) is 3.35. The standard InChI is InChI=1S/C19H20ClNO3/c1-2-11-24-19(23)15-6-4-8-17(13-15)21-18(22)10-9-14-5-3-7-16(20)12-14/h3-8,12-13H,2,9-11H2,1H3,(H,21,22). The Morgan fingerprint density at radius 2 is 1.92 bits per heavy atom. The Morgan fingerprint density at radius 3 is 2.67 bits per heavy atom. The van der Waals surface area contributed by atoms with Gasteiger partial charge in [0.05, 0.1) is 12.2 Å². The molecule has 0 spiro atoms. The van der Waals surface area contributed by atoms with Crippen LogP contribution in [0.25, 0.3) is 0 Å². The first-order valence-electron chi connectivity index (χ1n) is 7.90. The third-order valence-corrected chi connectivity index (χ3v) is 3.58. The monoisotopic (exact) mass is 345 g/mol. The topological polar surface area (TPSA) is 55.4 Å². The zero-order chi connectivity index (χ0) is 17.4. The van der Waals surface area contributed by atoms with Crippen molar-refractivity contribution in [2.24, 2.45) is 0 Å². The van der Waals surface area contributed by atoms with Crippen molar-refractivity contribution in [3.63, 3.8) is 0 Å². The molecule has 1 amide bonds. The van der Waals surface area contributed by atoms with Crippen LogP contribution in [0, 0.1) is 0 Å². The SMILES string of the molecule is CCCOC(=O)c1cccc(NC(=O)CCc2cccc(Cl)c2)c1. The second-order valence-corrected chi connectivity index (χ2v) is 5.83. The summed E-state index contributed by atoms with van der Waals surface area (Å²) in [6, 6.07) is 14.2. The van der Waals surface area contributed by atoms with Crippen molar-refractivity contribution in [1.29, 1.82) is 0 Å². The van der Waals surface area contributed by atoms with Crippen molar-refractivity contribution < 1.29 is 14.3 Å². The van der Waals surface area contributed by atoms with Crippen LogP contribution in [0.4, 0.5) is 5.69 Å². The highest BCUT2D eigenvalue weighted by molar-refractivity contribution is 6.30. The van der Waals surface area contributed by atoms with Gasteiger partial charge in [-0.05, 0) is 48.7 Å². The number of rotatable bonds is 7. The largest absolute Gasteiger partial charge is 0.462 e. The quantitative estimate of drug-likeness (QED) is 0.753. The van der Waals surface area contributed by atoms with Crippen LogP contribution in [-0.4, -0.2) is 18.5 Å². The summed E-state index contributed by atoms with van der Waals surface area (Å²) in [5, 5.41) is 3.46. The Balaban J connectivity index is 1.90. The van der Waals surface area contributed by atoms with Gasteiger partial charge in [-0.25, -0.2) is 4.79 Å². The van der Waals surface area contributed by atoms with Crippen molar-refractivity contribution >= 4 is 29.2 Å². The Bertz CT molecular complexity index is 715. The lowest BCUT2D eigenvalue weighted by atomic mass is 10.1. The predicted molar refractivity (Wildman–Crippen MR) is 95.4 cm³/mol. The Hall–Kier alpha value is -2.33. The molecule has 126 valence electrons. The van der Waals surface area contributed by atoms with Gasteiger partial charge >= 0.3 is 5.97 Å². The predicted octanol–water partition coefficient (Wildman–Crippen LogP) is 4.48. The van der Waals surface area contributed by atoms with Gasteiger partial charge in [-0.2, -0.15) is 0 Å². The molecule has 24 heavy (non-hydrogen) atoms. The van der Waals surface area contributed by atoms with Crippen LogP contribution >= 0.6 is 11.6 Å². The van der Waals surface area contributed by atoms with Crippen LogP contribution in [0.5, 0.6) is 0 Å². The summed E-state index contributed by atoms with van der Waals surface area (Å²) < 4.78 is 5.09. The van der Waals surface area contributed by atoms with E-state index in [-0.39, 0.29) is 11.9 Å². The van der Waals surface area contributed by atoms with E-state index < -0.39 is 0 Å². The highest BCUT2D eigenvalue weighted by atomic mass is 35.5. The average molecular weight is 346 g/mol. The van der Waals surface area contributed by atoms with Crippen LogP contribution in [0.15, 0.2) is 48.5 Å². The summed E-state index contributed by atoms with van der Waals surface area (Å²) in [5.74, 6) is -0.499. The number of esters is 1. The molecule has 0 saturated carbocycles. The summed E-state index contributed by atoms with van der Waals surface area (Å²) in [7, 11) is 0. The van der Waals surface area contributed by atoms with Crippen LogP contribution < -0.4 is 5.32 Å². The van der Waals surface area contributed by atoms with Crippen molar-refractivity contribution in [3.05, 3.63) is 64.7 Å². The molecule has 0 saturated heterocycles. The third kappa shape index (κ3) is 5.70. The summed E-state index contributed by atoms with van der Waals surface area (Å²) in [4.78, 5) is 23.9. The first-order valence-corrected chi connectivity index (χ1v) is 8.27. The second kappa shape index (κ2) is 9.08. The van der Waals surface area contributed by atoms with Gasteiger partial charge in [0.25, 0.3) is 0 Å². The molecule has 0 atom stereocenters. The highest BCUT2D eigenvalue weighted by Gasteiger charge is 2.09. The average Bonchev–Trinajstić information content (AvgIpc) is 2.58. The minimum Gasteiger partial charge on any atom is -0.462 e. The number of ether oxygens (including phenoxy) is 1. The van der Waals surface area contributed by atoms with Gasteiger partial charge in [0.2, 0.25) is 5.91 Å². The van der Waals surface area contributed by atoms with E-state index in [2.05, 4.69) is 5.32 Å². The first-order chi connectivity index (χ1) is 11.6. The van der Waals surface area contributed by atoms with E-state index in [0.717, 1.165) is 12.0 Å². The normalized spacial score (nSPS) is 10.2. The van der Waals surface area contributed by atoms with E-state index >= 15 is 0 Å². The molecule has 2 rings (SSSR count). The number of hydrogen-bond acceptors (Lipinski definition) is 3. The number of hydrogen-bond donors (Lipinski definition) is 1. The number of carbonyl (C=O) groups excluding carboxylic acids is 2. The number of aryl methyl sites for hydroxylation is 1. The molecule has 0 aliphatic carbocycles. The molecule has 4 nitrogen and oxygen atoms in total. The molecule has 0 heterocycles. The van der Waals surface area contributed by atoms with Gasteiger partial charge < -0.3 is 10.1 Å². The molecular weight excluding hydrogens is 326 g/mol. The van der Waals surface area contributed by atoms with Gasteiger partial charge in [-0.1, -0.05) is 36.7 Å². The zero-order valence-corrected chi connectivity index (χ0v) is 14.3.